The first-order valence-corrected chi connectivity index (χ1v) is 11.2. The van der Waals surface area contributed by atoms with E-state index in [2.05, 4.69) is 10.6 Å². The second kappa shape index (κ2) is 11.1. The maximum absolute atomic E-state index is 12.7. The van der Waals surface area contributed by atoms with Crippen molar-refractivity contribution in [3.05, 3.63) is 94.0 Å². The standard InChI is InChI=1S/C24H22N4O5S/c1-2-21(24(31)26-17-10-6-15(7-11-17)22(25)29)34-20-5-3-4-18(14-20)27-23(30)16-8-12-19(13-9-16)28(32)33/h3-14,21H,2H2,1H3,(H2,25,29)(H,26,31)(H,27,30). The molecule has 0 bridgehead atoms. The first-order chi connectivity index (χ1) is 16.3. The second-order valence-corrected chi connectivity index (χ2v) is 8.51. The summed E-state index contributed by atoms with van der Waals surface area (Å²) < 4.78 is 0. The summed E-state index contributed by atoms with van der Waals surface area (Å²) in [6, 6.07) is 18.7. The molecule has 0 aromatic heterocycles. The second-order valence-electron chi connectivity index (χ2n) is 7.23. The molecule has 0 aliphatic rings. The highest BCUT2D eigenvalue weighted by atomic mass is 32.2. The SMILES string of the molecule is CCC(Sc1cccc(NC(=O)c2ccc([N+](=O)[O-])cc2)c1)C(=O)Nc1ccc(C(N)=O)cc1. The van der Waals surface area contributed by atoms with Crippen LogP contribution < -0.4 is 16.4 Å². The maximum Gasteiger partial charge on any atom is 0.269 e. The van der Waals surface area contributed by atoms with Gasteiger partial charge in [-0.2, -0.15) is 0 Å². The third kappa shape index (κ3) is 6.42. The van der Waals surface area contributed by atoms with Crippen LogP contribution in [0.4, 0.5) is 17.1 Å². The number of anilines is 2. The average molecular weight is 479 g/mol. The van der Waals surface area contributed by atoms with Gasteiger partial charge in [0.1, 0.15) is 0 Å². The monoisotopic (exact) mass is 478 g/mol. The molecule has 0 spiro atoms. The number of nitrogens with zero attached hydrogens (tertiary/aromatic N) is 1. The molecule has 3 aromatic rings. The van der Waals surface area contributed by atoms with Gasteiger partial charge in [0.2, 0.25) is 11.8 Å². The number of hydrogen-bond donors (Lipinski definition) is 3. The maximum atomic E-state index is 12.7. The Balaban J connectivity index is 1.64. The molecular formula is C24H22N4O5S. The number of non-ortho nitro benzene ring substituents is 1. The molecule has 9 nitrogen and oxygen atoms in total. The molecule has 0 saturated carbocycles. The van der Waals surface area contributed by atoms with Crippen LogP contribution in [0.5, 0.6) is 0 Å². The van der Waals surface area contributed by atoms with E-state index in [1.165, 1.54) is 36.0 Å². The van der Waals surface area contributed by atoms with E-state index < -0.39 is 22.0 Å². The van der Waals surface area contributed by atoms with Crippen molar-refractivity contribution >= 4 is 46.5 Å². The van der Waals surface area contributed by atoms with Crippen LogP contribution in [-0.4, -0.2) is 27.9 Å². The number of benzene rings is 3. The molecule has 3 rings (SSSR count). The highest BCUT2D eigenvalue weighted by molar-refractivity contribution is 8.00. The summed E-state index contributed by atoms with van der Waals surface area (Å²) in [7, 11) is 0. The van der Waals surface area contributed by atoms with Gasteiger partial charge >= 0.3 is 0 Å². The number of carbonyl (C=O) groups excluding carboxylic acids is 3. The van der Waals surface area contributed by atoms with Crippen molar-refractivity contribution in [2.24, 2.45) is 5.73 Å². The van der Waals surface area contributed by atoms with Crippen molar-refractivity contribution < 1.29 is 19.3 Å². The lowest BCUT2D eigenvalue weighted by Crippen LogP contribution is -2.24. The first kappa shape index (κ1) is 24.5. The van der Waals surface area contributed by atoms with E-state index in [-0.39, 0.29) is 17.2 Å². The Bertz CT molecular complexity index is 1210. The van der Waals surface area contributed by atoms with E-state index in [1.807, 2.05) is 13.0 Å². The Morgan fingerprint density at radius 3 is 2.18 bits per heavy atom. The molecule has 0 aliphatic heterocycles. The number of thioether (sulfide) groups is 1. The Hall–Kier alpha value is -4.18. The minimum atomic E-state index is -0.541. The fourth-order valence-corrected chi connectivity index (χ4v) is 4.03. The molecule has 4 N–H and O–H groups in total. The zero-order valence-corrected chi connectivity index (χ0v) is 19.0. The number of nitro groups is 1. The van der Waals surface area contributed by atoms with Crippen LogP contribution in [0.15, 0.2) is 77.7 Å². The number of primary amides is 1. The summed E-state index contributed by atoms with van der Waals surface area (Å²) in [6.45, 7) is 1.90. The number of rotatable bonds is 9. The number of nitro benzene ring substituents is 1. The molecule has 3 amide bonds. The predicted molar refractivity (Wildman–Crippen MR) is 131 cm³/mol. The van der Waals surface area contributed by atoms with Gasteiger partial charge in [0.15, 0.2) is 0 Å². The summed E-state index contributed by atoms with van der Waals surface area (Å²) in [4.78, 5) is 47.4. The van der Waals surface area contributed by atoms with Crippen LogP contribution in [0.1, 0.15) is 34.1 Å². The number of nitrogens with one attached hydrogen (secondary N) is 2. The van der Waals surface area contributed by atoms with Gasteiger partial charge in [-0.25, -0.2) is 0 Å². The van der Waals surface area contributed by atoms with Gasteiger partial charge in [0.25, 0.3) is 11.6 Å². The fourth-order valence-electron chi connectivity index (χ4n) is 3.01. The lowest BCUT2D eigenvalue weighted by atomic mass is 10.2. The van der Waals surface area contributed by atoms with Crippen molar-refractivity contribution in [1.29, 1.82) is 0 Å². The molecule has 0 saturated heterocycles. The zero-order chi connectivity index (χ0) is 24.7. The largest absolute Gasteiger partial charge is 0.366 e. The number of carbonyl (C=O) groups is 3. The minimum absolute atomic E-state index is 0.0948. The van der Waals surface area contributed by atoms with Crippen LogP contribution in [0.25, 0.3) is 0 Å². The summed E-state index contributed by atoms with van der Waals surface area (Å²) in [5.41, 5.74) is 6.87. The summed E-state index contributed by atoms with van der Waals surface area (Å²) in [5, 5.41) is 16.0. The predicted octanol–water partition coefficient (Wildman–Crippen LogP) is 4.46. The van der Waals surface area contributed by atoms with Gasteiger partial charge in [-0.1, -0.05) is 13.0 Å². The minimum Gasteiger partial charge on any atom is -0.366 e. The van der Waals surface area contributed by atoms with Crippen molar-refractivity contribution in [2.45, 2.75) is 23.5 Å². The average Bonchev–Trinajstić information content (AvgIpc) is 2.83. The summed E-state index contributed by atoms with van der Waals surface area (Å²) in [5.74, 6) is -1.14. The van der Waals surface area contributed by atoms with E-state index >= 15 is 0 Å². The molecule has 10 heteroatoms. The van der Waals surface area contributed by atoms with Gasteiger partial charge in [-0.15, -0.1) is 11.8 Å². The van der Waals surface area contributed by atoms with Crippen LogP contribution in [-0.2, 0) is 4.79 Å². The lowest BCUT2D eigenvalue weighted by Gasteiger charge is -2.15. The molecule has 1 atom stereocenters. The van der Waals surface area contributed by atoms with Crippen molar-refractivity contribution in [1.82, 2.24) is 0 Å². The van der Waals surface area contributed by atoms with Crippen molar-refractivity contribution in [2.75, 3.05) is 10.6 Å². The molecule has 0 radical (unpaired) electrons. The zero-order valence-electron chi connectivity index (χ0n) is 18.2. The first-order valence-electron chi connectivity index (χ1n) is 10.3. The normalized spacial score (nSPS) is 11.3. The third-order valence-electron chi connectivity index (χ3n) is 4.81. The highest BCUT2D eigenvalue weighted by Gasteiger charge is 2.19. The highest BCUT2D eigenvalue weighted by Crippen LogP contribution is 2.29. The van der Waals surface area contributed by atoms with Crippen LogP contribution >= 0.6 is 11.8 Å². The van der Waals surface area contributed by atoms with Gasteiger partial charge in [-0.3, -0.25) is 24.5 Å². The van der Waals surface area contributed by atoms with E-state index in [9.17, 15) is 24.5 Å². The molecule has 1 unspecified atom stereocenters. The van der Waals surface area contributed by atoms with Crippen LogP contribution in [0, 0.1) is 10.1 Å². The number of amides is 3. The molecular weight excluding hydrogens is 456 g/mol. The Morgan fingerprint density at radius 1 is 0.941 bits per heavy atom. The third-order valence-corrected chi connectivity index (χ3v) is 6.17. The number of hydrogen-bond acceptors (Lipinski definition) is 6. The number of nitrogens with two attached hydrogens (primary N) is 1. The van der Waals surface area contributed by atoms with E-state index in [0.29, 0.717) is 23.4 Å². The molecule has 0 heterocycles. The van der Waals surface area contributed by atoms with E-state index in [1.54, 1.807) is 42.5 Å². The van der Waals surface area contributed by atoms with Gasteiger partial charge < -0.3 is 16.4 Å². The Kier molecular flexibility index (Phi) is 7.99. The van der Waals surface area contributed by atoms with Gasteiger partial charge in [0, 0.05) is 39.5 Å². The van der Waals surface area contributed by atoms with E-state index in [4.69, 9.17) is 5.73 Å². The summed E-state index contributed by atoms with van der Waals surface area (Å²) >= 11 is 1.35. The van der Waals surface area contributed by atoms with Crippen LogP contribution in [0.2, 0.25) is 0 Å². The topological polar surface area (TPSA) is 144 Å². The summed E-state index contributed by atoms with van der Waals surface area (Å²) in [6.07, 6.45) is 0.565. The fraction of sp³-hybridized carbons (Fsp3) is 0.125. The molecule has 0 aliphatic carbocycles. The molecule has 174 valence electrons. The van der Waals surface area contributed by atoms with E-state index in [0.717, 1.165) is 4.90 Å². The Morgan fingerprint density at radius 2 is 1.59 bits per heavy atom. The van der Waals surface area contributed by atoms with Crippen molar-refractivity contribution in [3.8, 4) is 0 Å². The molecule has 0 fully saturated rings. The molecule has 3 aromatic carbocycles. The van der Waals surface area contributed by atoms with Crippen molar-refractivity contribution in [3.63, 3.8) is 0 Å². The van der Waals surface area contributed by atoms with Gasteiger partial charge in [-0.05, 0) is 61.0 Å². The molecule has 34 heavy (non-hydrogen) atoms. The van der Waals surface area contributed by atoms with Crippen LogP contribution in [0.3, 0.4) is 0 Å². The van der Waals surface area contributed by atoms with Gasteiger partial charge in [0.05, 0.1) is 10.2 Å². The lowest BCUT2D eigenvalue weighted by molar-refractivity contribution is -0.384. The quantitative estimate of drug-likeness (QED) is 0.235. The Labute approximate surface area is 199 Å². The smallest absolute Gasteiger partial charge is 0.269 e.